The lowest BCUT2D eigenvalue weighted by Gasteiger charge is -2.14. The second-order valence-corrected chi connectivity index (χ2v) is 8.57. The van der Waals surface area contributed by atoms with Crippen molar-refractivity contribution < 1.29 is 19.1 Å². The number of hydrogen-bond acceptors (Lipinski definition) is 5. The van der Waals surface area contributed by atoms with Crippen LogP contribution in [-0.2, 0) is 17.7 Å². The summed E-state index contributed by atoms with van der Waals surface area (Å²) in [7, 11) is 1.57. The van der Waals surface area contributed by atoms with Gasteiger partial charge in [-0.2, -0.15) is 0 Å². The SMILES string of the molecule is COCCOc1ccc(CC(=O)c2cc(CN)ccc2Cl)cc1C(=O)Nc1ccc(Br)cc1. The van der Waals surface area contributed by atoms with Crippen molar-refractivity contribution in [1.29, 1.82) is 0 Å². The van der Waals surface area contributed by atoms with Gasteiger partial charge in [0, 0.05) is 35.8 Å². The van der Waals surface area contributed by atoms with Gasteiger partial charge in [-0.25, -0.2) is 0 Å². The summed E-state index contributed by atoms with van der Waals surface area (Å²) >= 11 is 9.61. The molecule has 0 atom stereocenters. The number of hydrogen-bond donors (Lipinski definition) is 2. The Balaban J connectivity index is 1.86. The Kier molecular flexibility index (Phi) is 9.03. The molecule has 0 aromatic heterocycles. The van der Waals surface area contributed by atoms with Crippen molar-refractivity contribution in [3.05, 3.63) is 92.4 Å². The molecular weight excluding hydrogens is 508 g/mol. The zero-order valence-electron chi connectivity index (χ0n) is 18.1. The van der Waals surface area contributed by atoms with Gasteiger partial charge < -0.3 is 20.5 Å². The highest BCUT2D eigenvalue weighted by atomic mass is 79.9. The lowest BCUT2D eigenvalue weighted by Crippen LogP contribution is -2.16. The Morgan fingerprint density at radius 1 is 0.970 bits per heavy atom. The topological polar surface area (TPSA) is 90.7 Å². The van der Waals surface area contributed by atoms with Crippen LogP contribution in [0.25, 0.3) is 0 Å². The Morgan fingerprint density at radius 3 is 2.36 bits per heavy atom. The normalized spacial score (nSPS) is 10.7. The molecule has 1 amide bonds. The van der Waals surface area contributed by atoms with E-state index in [0.717, 1.165) is 10.0 Å². The number of rotatable bonds is 10. The molecule has 0 aliphatic rings. The van der Waals surface area contributed by atoms with Gasteiger partial charge in [-0.1, -0.05) is 39.7 Å². The van der Waals surface area contributed by atoms with Gasteiger partial charge >= 0.3 is 0 Å². The minimum absolute atomic E-state index is 0.0741. The summed E-state index contributed by atoms with van der Waals surface area (Å²) < 4.78 is 11.7. The van der Waals surface area contributed by atoms with Crippen molar-refractivity contribution >= 4 is 44.9 Å². The molecule has 0 saturated carbocycles. The number of carbonyl (C=O) groups is 2. The smallest absolute Gasteiger partial charge is 0.259 e. The number of nitrogens with two attached hydrogens (primary N) is 1. The van der Waals surface area contributed by atoms with Crippen molar-refractivity contribution in [3.8, 4) is 5.75 Å². The van der Waals surface area contributed by atoms with Crippen LogP contribution in [0.5, 0.6) is 5.75 Å². The number of carbonyl (C=O) groups excluding carboxylic acids is 2. The Bertz CT molecular complexity index is 1140. The van der Waals surface area contributed by atoms with E-state index in [1.54, 1.807) is 55.6 Å². The molecular formula is C25H24BrClN2O4. The standard InChI is InChI=1S/C25H24BrClN2O4/c1-32-10-11-33-24-9-3-16(14-23(30)20-13-17(15-28)2-8-22(20)27)12-21(24)25(31)29-19-6-4-18(26)5-7-19/h2-9,12-13H,10-11,14-15,28H2,1H3,(H,29,31). The van der Waals surface area contributed by atoms with Gasteiger partial charge in [-0.05, 0) is 59.7 Å². The zero-order chi connectivity index (χ0) is 23.8. The minimum atomic E-state index is -0.345. The fourth-order valence-electron chi connectivity index (χ4n) is 3.15. The first-order valence-corrected chi connectivity index (χ1v) is 11.4. The van der Waals surface area contributed by atoms with Crippen LogP contribution in [0.2, 0.25) is 5.02 Å². The van der Waals surface area contributed by atoms with Gasteiger partial charge in [0.2, 0.25) is 0 Å². The molecule has 0 aliphatic heterocycles. The predicted molar refractivity (Wildman–Crippen MR) is 133 cm³/mol. The number of methoxy groups -OCH3 is 1. The van der Waals surface area contributed by atoms with E-state index in [-0.39, 0.29) is 24.7 Å². The van der Waals surface area contributed by atoms with Crippen molar-refractivity contribution in [3.63, 3.8) is 0 Å². The summed E-state index contributed by atoms with van der Waals surface area (Å²) in [6.45, 7) is 0.976. The van der Waals surface area contributed by atoms with Crippen LogP contribution in [0.3, 0.4) is 0 Å². The van der Waals surface area contributed by atoms with Gasteiger partial charge in [-0.3, -0.25) is 9.59 Å². The highest BCUT2D eigenvalue weighted by Gasteiger charge is 2.17. The number of ether oxygens (including phenoxy) is 2. The van der Waals surface area contributed by atoms with E-state index in [0.29, 0.717) is 46.3 Å². The molecule has 8 heteroatoms. The van der Waals surface area contributed by atoms with Gasteiger partial charge in [0.1, 0.15) is 12.4 Å². The quantitative estimate of drug-likeness (QED) is 0.275. The number of anilines is 1. The second-order valence-electron chi connectivity index (χ2n) is 7.25. The number of amides is 1. The van der Waals surface area contributed by atoms with E-state index in [1.807, 2.05) is 12.1 Å². The van der Waals surface area contributed by atoms with E-state index in [2.05, 4.69) is 21.2 Å². The van der Waals surface area contributed by atoms with Crippen molar-refractivity contribution in [2.24, 2.45) is 5.73 Å². The molecule has 0 aliphatic carbocycles. The van der Waals surface area contributed by atoms with Crippen LogP contribution in [0.1, 0.15) is 31.8 Å². The maximum absolute atomic E-state index is 13.0. The lowest BCUT2D eigenvalue weighted by molar-refractivity contribution is 0.0987. The second kappa shape index (κ2) is 12.0. The highest BCUT2D eigenvalue weighted by Crippen LogP contribution is 2.25. The molecule has 0 bridgehead atoms. The molecule has 6 nitrogen and oxygen atoms in total. The van der Waals surface area contributed by atoms with Crippen molar-refractivity contribution in [2.45, 2.75) is 13.0 Å². The van der Waals surface area contributed by atoms with Crippen LogP contribution in [-0.4, -0.2) is 32.0 Å². The van der Waals surface area contributed by atoms with E-state index in [9.17, 15) is 9.59 Å². The molecule has 0 saturated heterocycles. The molecule has 0 heterocycles. The fourth-order valence-corrected chi connectivity index (χ4v) is 3.64. The number of nitrogens with one attached hydrogen (secondary N) is 1. The summed E-state index contributed by atoms with van der Waals surface area (Å²) in [6.07, 6.45) is 0.0741. The van der Waals surface area contributed by atoms with Crippen molar-refractivity contribution in [1.82, 2.24) is 0 Å². The monoisotopic (exact) mass is 530 g/mol. The van der Waals surface area contributed by atoms with Gasteiger partial charge in [-0.15, -0.1) is 0 Å². The molecule has 3 aromatic carbocycles. The highest BCUT2D eigenvalue weighted by molar-refractivity contribution is 9.10. The lowest BCUT2D eigenvalue weighted by atomic mass is 9.99. The minimum Gasteiger partial charge on any atom is -0.490 e. The molecule has 0 fully saturated rings. The van der Waals surface area contributed by atoms with Crippen LogP contribution in [0.15, 0.2) is 65.1 Å². The summed E-state index contributed by atoms with van der Waals surface area (Å²) in [5.41, 5.74) is 8.53. The maximum atomic E-state index is 13.0. The third kappa shape index (κ3) is 6.88. The Labute approximate surface area is 206 Å². The number of benzene rings is 3. The summed E-state index contributed by atoms with van der Waals surface area (Å²) in [5, 5.41) is 3.23. The summed E-state index contributed by atoms with van der Waals surface area (Å²) in [4.78, 5) is 26.0. The molecule has 172 valence electrons. The Morgan fingerprint density at radius 2 is 1.67 bits per heavy atom. The van der Waals surface area contributed by atoms with Crippen LogP contribution in [0, 0.1) is 0 Å². The van der Waals surface area contributed by atoms with E-state index in [1.165, 1.54) is 0 Å². The molecule has 33 heavy (non-hydrogen) atoms. The largest absolute Gasteiger partial charge is 0.490 e. The zero-order valence-corrected chi connectivity index (χ0v) is 20.4. The van der Waals surface area contributed by atoms with Crippen LogP contribution >= 0.6 is 27.5 Å². The average molecular weight is 532 g/mol. The van der Waals surface area contributed by atoms with Gasteiger partial charge in [0.05, 0.1) is 17.2 Å². The van der Waals surface area contributed by atoms with E-state index < -0.39 is 0 Å². The number of ketones is 1. The third-order valence-electron chi connectivity index (χ3n) is 4.87. The third-order valence-corrected chi connectivity index (χ3v) is 5.73. The maximum Gasteiger partial charge on any atom is 0.259 e. The molecule has 0 spiro atoms. The molecule has 0 unspecified atom stereocenters. The van der Waals surface area contributed by atoms with Crippen LogP contribution in [0.4, 0.5) is 5.69 Å². The molecule has 3 rings (SSSR count). The van der Waals surface area contributed by atoms with Crippen LogP contribution < -0.4 is 15.8 Å². The molecule has 3 N–H and O–H groups in total. The predicted octanol–water partition coefficient (Wildman–Crippen LogP) is 5.26. The van der Waals surface area contributed by atoms with Gasteiger partial charge in [0.15, 0.2) is 5.78 Å². The average Bonchev–Trinajstić information content (AvgIpc) is 2.81. The fraction of sp³-hybridized carbons (Fsp3) is 0.200. The summed E-state index contributed by atoms with van der Waals surface area (Å²) in [5.74, 6) is -0.106. The Hall–Kier alpha value is -2.71. The number of Topliss-reactive ketones (excluding diaryl/α,β-unsaturated/α-hetero) is 1. The first kappa shape index (κ1) is 24.9. The first-order valence-electron chi connectivity index (χ1n) is 10.2. The number of halogens is 2. The molecule has 3 aromatic rings. The first-order chi connectivity index (χ1) is 15.9. The van der Waals surface area contributed by atoms with E-state index in [4.69, 9.17) is 26.8 Å². The van der Waals surface area contributed by atoms with E-state index >= 15 is 0 Å². The summed E-state index contributed by atoms with van der Waals surface area (Å²) in [6, 6.07) is 17.5. The van der Waals surface area contributed by atoms with Crippen molar-refractivity contribution in [2.75, 3.05) is 25.6 Å². The molecule has 0 radical (unpaired) electrons. The van der Waals surface area contributed by atoms with Gasteiger partial charge in [0.25, 0.3) is 5.91 Å².